The lowest BCUT2D eigenvalue weighted by atomic mass is 10.0. The predicted octanol–water partition coefficient (Wildman–Crippen LogP) is 3.13. The van der Waals surface area contributed by atoms with Crippen LogP contribution in [0.1, 0.15) is 37.1 Å². The first kappa shape index (κ1) is 19.5. The van der Waals surface area contributed by atoms with E-state index in [-0.39, 0.29) is 17.8 Å². The molecule has 6 heteroatoms. The summed E-state index contributed by atoms with van der Waals surface area (Å²) in [6, 6.07) is 6.57. The van der Waals surface area contributed by atoms with Crippen molar-refractivity contribution in [3.63, 3.8) is 0 Å². The summed E-state index contributed by atoms with van der Waals surface area (Å²) in [4.78, 5) is 17.2. The van der Waals surface area contributed by atoms with Crippen molar-refractivity contribution in [2.75, 3.05) is 13.1 Å². The highest BCUT2D eigenvalue weighted by Gasteiger charge is 2.32. The fourth-order valence-corrected chi connectivity index (χ4v) is 3.68. The summed E-state index contributed by atoms with van der Waals surface area (Å²) >= 11 is 0. The quantitative estimate of drug-likeness (QED) is 0.810. The van der Waals surface area contributed by atoms with Gasteiger partial charge in [0.25, 0.3) is 0 Å². The van der Waals surface area contributed by atoms with E-state index in [0.717, 1.165) is 30.9 Å². The number of carbonyl (C=O) groups is 1. The van der Waals surface area contributed by atoms with Gasteiger partial charge in [-0.1, -0.05) is 26.0 Å². The van der Waals surface area contributed by atoms with Crippen molar-refractivity contribution in [3.8, 4) is 0 Å². The zero-order valence-corrected chi connectivity index (χ0v) is 16.7. The number of halogens is 1. The molecule has 0 saturated carbocycles. The molecule has 1 atom stereocenters. The molecule has 0 aliphatic carbocycles. The average Bonchev–Trinajstić information content (AvgIpc) is 2.85. The van der Waals surface area contributed by atoms with Crippen LogP contribution in [-0.4, -0.2) is 44.6 Å². The van der Waals surface area contributed by atoms with E-state index in [4.69, 9.17) is 0 Å². The first-order chi connectivity index (χ1) is 12.8. The molecule has 3 rings (SSSR count). The molecular weight excluding hydrogens is 343 g/mol. The van der Waals surface area contributed by atoms with Crippen molar-refractivity contribution in [2.24, 2.45) is 13.0 Å². The number of carbonyl (C=O) groups excluding carboxylic acids is 1. The lowest BCUT2D eigenvalue weighted by molar-refractivity contribution is -0.134. The van der Waals surface area contributed by atoms with E-state index in [0.29, 0.717) is 18.9 Å². The topological polar surface area (TPSA) is 41.4 Å². The Morgan fingerprint density at radius 2 is 1.93 bits per heavy atom. The highest BCUT2D eigenvalue weighted by atomic mass is 19.1. The molecule has 1 aliphatic heterocycles. The van der Waals surface area contributed by atoms with Gasteiger partial charge in [0.1, 0.15) is 5.82 Å². The molecule has 146 valence electrons. The maximum absolute atomic E-state index is 13.2. The molecule has 1 aliphatic rings. The molecule has 1 amide bonds. The highest BCUT2D eigenvalue weighted by Crippen LogP contribution is 2.22. The molecule has 0 unspecified atom stereocenters. The highest BCUT2D eigenvalue weighted by molar-refractivity contribution is 5.77. The Hall–Kier alpha value is -2.21. The number of benzene rings is 1. The SMILES string of the molecule is Cc1c(CN2CCC(=O)N(Cc3ccc(F)cc3)[C@H](C(C)C)C2)cnn1C. The summed E-state index contributed by atoms with van der Waals surface area (Å²) in [5, 5.41) is 4.33. The van der Waals surface area contributed by atoms with Crippen molar-refractivity contribution >= 4 is 5.91 Å². The number of amides is 1. The Morgan fingerprint density at radius 1 is 1.22 bits per heavy atom. The van der Waals surface area contributed by atoms with Crippen LogP contribution in [0.4, 0.5) is 4.39 Å². The molecule has 0 spiro atoms. The van der Waals surface area contributed by atoms with Gasteiger partial charge in [0, 0.05) is 56.9 Å². The Labute approximate surface area is 160 Å². The standard InChI is InChI=1S/C21H29FN4O/c1-15(2)20-14-25(13-18-11-23-24(4)16(18)3)10-9-21(27)26(20)12-17-5-7-19(22)8-6-17/h5-8,11,15,20H,9-10,12-14H2,1-4H3/t20-/m0/s1. The first-order valence-corrected chi connectivity index (χ1v) is 9.59. The van der Waals surface area contributed by atoms with Gasteiger partial charge in [0.15, 0.2) is 0 Å². The molecule has 0 radical (unpaired) electrons. The minimum absolute atomic E-state index is 0.127. The van der Waals surface area contributed by atoms with Crippen LogP contribution in [0.25, 0.3) is 0 Å². The fraction of sp³-hybridized carbons (Fsp3) is 0.524. The van der Waals surface area contributed by atoms with Crippen molar-refractivity contribution in [2.45, 2.75) is 46.3 Å². The van der Waals surface area contributed by atoms with Crippen molar-refractivity contribution in [1.29, 1.82) is 0 Å². The number of aryl methyl sites for hydroxylation is 1. The lowest BCUT2D eigenvalue weighted by Crippen LogP contribution is -2.45. The van der Waals surface area contributed by atoms with Gasteiger partial charge in [-0.05, 0) is 30.5 Å². The third-order valence-electron chi connectivity index (χ3n) is 5.57. The van der Waals surface area contributed by atoms with E-state index in [9.17, 15) is 9.18 Å². The van der Waals surface area contributed by atoms with Crippen LogP contribution in [0.15, 0.2) is 30.5 Å². The summed E-state index contributed by atoms with van der Waals surface area (Å²) in [5.41, 5.74) is 3.33. The van der Waals surface area contributed by atoms with Crippen LogP contribution >= 0.6 is 0 Å². The molecular formula is C21H29FN4O. The number of hydrogen-bond donors (Lipinski definition) is 0. The van der Waals surface area contributed by atoms with Crippen LogP contribution in [-0.2, 0) is 24.9 Å². The Kier molecular flexibility index (Phi) is 5.95. The molecule has 1 saturated heterocycles. The minimum atomic E-state index is -0.251. The second-order valence-corrected chi connectivity index (χ2v) is 7.82. The Bertz CT molecular complexity index is 784. The first-order valence-electron chi connectivity index (χ1n) is 9.59. The molecule has 1 aromatic heterocycles. The normalized spacial score (nSPS) is 19.0. The number of hydrogen-bond acceptors (Lipinski definition) is 3. The molecule has 27 heavy (non-hydrogen) atoms. The molecule has 1 fully saturated rings. The molecule has 0 N–H and O–H groups in total. The van der Waals surface area contributed by atoms with Crippen LogP contribution in [0.5, 0.6) is 0 Å². The average molecular weight is 372 g/mol. The van der Waals surface area contributed by atoms with E-state index in [2.05, 4.69) is 30.8 Å². The van der Waals surface area contributed by atoms with Crippen molar-refractivity contribution in [3.05, 3.63) is 53.1 Å². The van der Waals surface area contributed by atoms with Crippen LogP contribution in [0.2, 0.25) is 0 Å². The second kappa shape index (κ2) is 8.21. The Morgan fingerprint density at radius 3 is 2.52 bits per heavy atom. The van der Waals surface area contributed by atoms with Gasteiger partial charge < -0.3 is 4.90 Å². The van der Waals surface area contributed by atoms with E-state index >= 15 is 0 Å². The molecule has 5 nitrogen and oxygen atoms in total. The van der Waals surface area contributed by atoms with Crippen LogP contribution < -0.4 is 0 Å². The van der Waals surface area contributed by atoms with E-state index in [1.165, 1.54) is 17.7 Å². The third-order valence-corrected chi connectivity index (χ3v) is 5.57. The molecule has 0 bridgehead atoms. The second-order valence-electron chi connectivity index (χ2n) is 7.82. The third kappa shape index (κ3) is 4.56. The van der Waals surface area contributed by atoms with E-state index < -0.39 is 0 Å². The van der Waals surface area contributed by atoms with E-state index in [1.54, 1.807) is 12.1 Å². The summed E-state index contributed by atoms with van der Waals surface area (Å²) in [5.74, 6) is 0.257. The number of aromatic nitrogens is 2. The monoisotopic (exact) mass is 372 g/mol. The van der Waals surface area contributed by atoms with Gasteiger partial charge in [-0.3, -0.25) is 14.4 Å². The predicted molar refractivity (Wildman–Crippen MR) is 103 cm³/mol. The van der Waals surface area contributed by atoms with Gasteiger partial charge in [-0.25, -0.2) is 4.39 Å². The molecule has 2 aromatic rings. The Balaban J connectivity index is 1.77. The summed E-state index contributed by atoms with van der Waals surface area (Å²) in [6.07, 6.45) is 2.42. The van der Waals surface area contributed by atoms with Crippen molar-refractivity contribution in [1.82, 2.24) is 19.6 Å². The van der Waals surface area contributed by atoms with Crippen LogP contribution in [0, 0.1) is 18.7 Å². The van der Waals surface area contributed by atoms with Crippen molar-refractivity contribution < 1.29 is 9.18 Å². The number of nitrogens with zero attached hydrogens (tertiary/aromatic N) is 4. The van der Waals surface area contributed by atoms with Gasteiger partial charge >= 0.3 is 0 Å². The van der Waals surface area contributed by atoms with Crippen LogP contribution in [0.3, 0.4) is 0 Å². The van der Waals surface area contributed by atoms with Gasteiger partial charge in [0.05, 0.1) is 6.20 Å². The maximum atomic E-state index is 13.2. The maximum Gasteiger partial charge on any atom is 0.224 e. The zero-order chi connectivity index (χ0) is 19.6. The molecule has 1 aromatic carbocycles. The smallest absolute Gasteiger partial charge is 0.224 e. The van der Waals surface area contributed by atoms with E-state index in [1.807, 2.05) is 22.8 Å². The largest absolute Gasteiger partial charge is 0.334 e. The fourth-order valence-electron chi connectivity index (χ4n) is 3.68. The zero-order valence-electron chi connectivity index (χ0n) is 16.7. The van der Waals surface area contributed by atoms with Gasteiger partial charge in [-0.15, -0.1) is 0 Å². The van der Waals surface area contributed by atoms with Gasteiger partial charge in [0.2, 0.25) is 5.91 Å². The summed E-state index contributed by atoms with van der Waals surface area (Å²) in [7, 11) is 1.95. The molecule has 2 heterocycles. The lowest BCUT2D eigenvalue weighted by Gasteiger charge is -2.35. The van der Waals surface area contributed by atoms with Gasteiger partial charge in [-0.2, -0.15) is 5.10 Å². The minimum Gasteiger partial charge on any atom is -0.334 e. The number of rotatable bonds is 5. The summed E-state index contributed by atoms with van der Waals surface area (Å²) < 4.78 is 15.1. The summed E-state index contributed by atoms with van der Waals surface area (Å²) in [6.45, 7) is 9.31.